The largest absolute Gasteiger partial charge is 0.493 e. The summed E-state index contributed by atoms with van der Waals surface area (Å²) in [5.74, 6) is 1.63. The first-order valence-corrected chi connectivity index (χ1v) is 9.91. The molecule has 4 rings (SSSR count). The van der Waals surface area contributed by atoms with E-state index in [0.717, 1.165) is 47.8 Å². The number of nitrogens with zero attached hydrogens (tertiary/aromatic N) is 2. The van der Waals surface area contributed by atoms with Crippen LogP contribution in [0, 0.1) is 0 Å². The van der Waals surface area contributed by atoms with E-state index in [0.29, 0.717) is 6.61 Å². The van der Waals surface area contributed by atoms with Crippen LogP contribution in [-0.4, -0.2) is 36.7 Å². The zero-order valence-corrected chi connectivity index (χ0v) is 17.0. The molecule has 0 N–H and O–H groups in total. The zero-order chi connectivity index (χ0) is 20.1. The first-order chi connectivity index (χ1) is 14.2. The van der Waals surface area contributed by atoms with Crippen molar-refractivity contribution in [1.82, 2.24) is 9.88 Å². The van der Waals surface area contributed by atoms with Gasteiger partial charge in [-0.25, -0.2) is 0 Å². The van der Waals surface area contributed by atoms with Crippen molar-refractivity contribution < 1.29 is 9.47 Å². The minimum absolute atomic E-state index is 0.647. The molecule has 4 nitrogen and oxygen atoms in total. The molecule has 3 aromatic rings. The normalized spacial score (nSPS) is 14.6. The van der Waals surface area contributed by atoms with Gasteiger partial charge in [-0.3, -0.25) is 9.88 Å². The van der Waals surface area contributed by atoms with Gasteiger partial charge < -0.3 is 9.47 Å². The third-order valence-corrected chi connectivity index (χ3v) is 5.08. The fraction of sp³-hybridized carbons (Fsp3) is 0.240. The zero-order valence-electron chi connectivity index (χ0n) is 17.0. The van der Waals surface area contributed by atoms with Crippen LogP contribution < -0.4 is 9.47 Å². The van der Waals surface area contributed by atoms with Gasteiger partial charge in [0.25, 0.3) is 0 Å². The molecule has 0 radical (unpaired) electrons. The highest BCUT2D eigenvalue weighted by molar-refractivity contribution is 5.68. The molecule has 29 heavy (non-hydrogen) atoms. The molecule has 0 spiro atoms. The topological polar surface area (TPSA) is 34.6 Å². The number of ether oxygens (including phenoxy) is 2. The molecular weight excluding hydrogens is 360 g/mol. The lowest BCUT2D eigenvalue weighted by Crippen LogP contribution is -2.27. The van der Waals surface area contributed by atoms with E-state index in [9.17, 15) is 0 Å². The Morgan fingerprint density at radius 3 is 2.76 bits per heavy atom. The number of fused-ring (bicyclic) bond motifs is 1. The molecule has 0 unspecified atom stereocenters. The number of aromatic nitrogens is 1. The molecule has 1 aromatic heterocycles. The van der Waals surface area contributed by atoms with Crippen molar-refractivity contribution in [2.75, 3.05) is 26.8 Å². The molecule has 0 aliphatic carbocycles. The third kappa shape index (κ3) is 4.66. The molecule has 2 heterocycles. The van der Waals surface area contributed by atoms with E-state index in [1.807, 2.05) is 24.4 Å². The maximum absolute atomic E-state index is 6.09. The molecule has 0 bridgehead atoms. The Bertz CT molecular complexity index is 984. The highest BCUT2D eigenvalue weighted by atomic mass is 16.5. The Hall–Kier alpha value is -3.11. The summed E-state index contributed by atoms with van der Waals surface area (Å²) >= 11 is 0. The number of pyridine rings is 1. The lowest BCUT2D eigenvalue weighted by Gasteiger charge is -2.20. The van der Waals surface area contributed by atoms with Gasteiger partial charge in [0.15, 0.2) is 11.5 Å². The SMILES string of the molecule is COc1cc(-c2cccnc2)cc2c1OCCN(CC(C)=Cc1ccccc1)C2. The predicted molar refractivity (Wildman–Crippen MR) is 117 cm³/mol. The van der Waals surface area contributed by atoms with Crippen molar-refractivity contribution in [3.63, 3.8) is 0 Å². The first-order valence-electron chi connectivity index (χ1n) is 9.91. The molecule has 2 aromatic carbocycles. The maximum Gasteiger partial charge on any atom is 0.165 e. The van der Waals surface area contributed by atoms with E-state index in [1.165, 1.54) is 11.1 Å². The Morgan fingerprint density at radius 2 is 2.00 bits per heavy atom. The van der Waals surface area contributed by atoms with Crippen LogP contribution in [0.1, 0.15) is 18.1 Å². The molecule has 148 valence electrons. The van der Waals surface area contributed by atoms with Crippen molar-refractivity contribution >= 4 is 6.08 Å². The number of hydrogen-bond donors (Lipinski definition) is 0. The second-order valence-corrected chi connectivity index (χ2v) is 7.37. The van der Waals surface area contributed by atoms with E-state index in [1.54, 1.807) is 13.3 Å². The molecule has 1 aliphatic rings. The van der Waals surface area contributed by atoms with Crippen LogP contribution in [-0.2, 0) is 6.54 Å². The summed E-state index contributed by atoms with van der Waals surface area (Å²) in [5.41, 5.74) is 5.88. The van der Waals surface area contributed by atoms with Crippen molar-refractivity contribution in [3.8, 4) is 22.6 Å². The number of benzene rings is 2. The molecule has 0 saturated heterocycles. The van der Waals surface area contributed by atoms with Gasteiger partial charge in [0.05, 0.1) is 7.11 Å². The number of rotatable bonds is 5. The fourth-order valence-corrected chi connectivity index (χ4v) is 3.76. The maximum atomic E-state index is 6.09. The van der Waals surface area contributed by atoms with Gasteiger partial charge >= 0.3 is 0 Å². The summed E-state index contributed by atoms with van der Waals surface area (Å²) in [6, 6.07) is 18.7. The second kappa shape index (κ2) is 8.93. The van der Waals surface area contributed by atoms with Gasteiger partial charge in [-0.1, -0.05) is 48.0 Å². The first kappa shape index (κ1) is 19.2. The summed E-state index contributed by atoms with van der Waals surface area (Å²) in [6.07, 6.45) is 5.92. The molecular formula is C25H26N2O2. The number of hydrogen-bond acceptors (Lipinski definition) is 4. The van der Waals surface area contributed by atoms with E-state index in [2.05, 4.69) is 59.3 Å². The summed E-state index contributed by atoms with van der Waals surface area (Å²) in [4.78, 5) is 6.68. The smallest absolute Gasteiger partial charge is 0.165 e. The van der Waals surface area contributed by atoms with Gasteiger partial charge in [0.1, 0.15) is 6.61 Å². The number of methoxy groups -OCH3 is 1. The van der Waals surface area contributed by atoms with Crippen LogP contribution in [0.5, 0.6) is 11.5 Å². The van der Waals surface area contributed by atoms with Gasteiger partial charge in [-0.2, -0.15) is 0 Å². The quantitative estimate of drug-likeness (QED) is 0.614. The molecule has 0 amide bonds. The van der Waals surface area contributed by atoms with Crippen LogP contribution in [0.2, 0.25) is 0 Å². The molecule has 0 atom stereocenters. The molecule has 4 heteroatoms. The second-order valence-electron chi connectivity index (χ2n) is 7.37. The Kier molecular flexibility index (Phi) is 5.92. The van der Waals surface area contributed by atoms with Crippen LogP contribution >= 0.6 is 0 Å². The van der Waals surface area contributed by atoms with Gasteiger partial charge in [-0.05, 0) is 36.2 Å². The minimum atomic E-state index is 0.647. The summed E-state index contributed by atoms with van der Waals surface area (Å²) in [6.45, 7) is 5.43. The van der Waals surface area contributed by atoms with E-state index < -0.39 is 0 Å². The molecule has 1 aliphatic heterocycles. The van der Waals surface area contributed by atoms with Crippen LogP contribution in [0.4, 0.5) is 0 Å². The predicted octanol–water partition coefficient (Wildman–Crippen LogP) is 5.06. The lowest BCUT2D eigenvalue weighted by atomic mass is 10.0. The lowest BCUT2D eigenvalue weighted by molar-refractivity contribution is 0.235. The van der Waals surface area contributed by atoms with Crippen molar-refractivity contribution in [1.29, 1.82) is 0 Å². The van der Waals surface area contributed by atoms with Crippen LogP contribution in [0.25, 0.3) is 17.2 Å². The van der Waals surface area contributed by atoms with Gasteiger partial charge in [-0.15, -0.1) is 0 Å². The summed E-state index contributed by atoms with van der Waals surface area (Å²) in [5, 5.41) is 0. The van der Waals surface area contributed by atoms with E-state index in [-0.39, 0.29) is 0 Å². The summed E-state index contributed by atoms with van der Waals surface area (Å²) < 4.78 is 11.7. The average Bonchev–Trinajstić information content (AvgIpc) is 2.96. The van der Waals surface area contributed by atoms with E-state index in [4.69, 9.17) is 9.47 Å². The molecule has 0 fully saturated rings. The Morgan fingerprint density at radius 1 is 1.14 bits per heavy atom. The van der Waals surface area contributed by atoms with Gasteiger partial charge in [0, 0.05) is 43.2 Å². The van der Waals surface area contributed by atoms with Gasteiger partial charge in [0.2, 0.25) is 0 Å². The Balaban J connectivity index is 1.60. The Labute approximate surface area is 172 Å². The van der Waals surface area contributed by atoms with Crippen LogP contribution in [0.15, 0.2) is 72.6 Å². The average molecular weight is 386 g/mol. The third-order valence-electron chi connectivity index (χ3n) is 5.08. The minimum Gasteiger partial charge on any atom is -0.493 e. The standard InChI is InChI=1S/C25H26N2O2/c1-19(13-20-7-4-3-5-8-20)17-27-11-12-29-25-23(18-27)14-22(15-24(25)28-2)21-9-6-10-26-16-21/h3-10,13-16H,11-12,17-18H2,1-2H3. The van der Waals surface area contributed by atoms with Crippen molar-refractivity contribution in [3.05, 3.63) is 83.7 Å². The van der Waals surface area contributed by atoms with Crippen molar-refractivity contribution in [2.45, 2.75) is 13.5 Å². The molecule has 0 saturated carbocycles. The van der Waals surface area contributed by atoms with Crippen LogP contribution in [0.3, 0.4) is 0 Å². The highest BCUT2D eigenvalue weighted by Crippen LogP contribution is 2.38. The summed E-state index contributed by atoms with van der Waals surface area (Å²) in [7, 11) is 1.70. The fourth-order valence-electron chi connectivity index (χ4n) is 3.76. The van der Waals surface area contributed by atoms with Crippen molar-refractivity contribution in [2.24, 2.45) is 0 Å². The monoisotopic (exact) mass is 386 g/mol. The van der Waals surface area contributed by atoms with E-state index >= 15 is 0 Å². The highest BCUT2D eigenvalue weighted by Gasteiger charge is 2.20.